The van der Waals surface area contributed by atoms with E-state index in [1.54, 1.807) is 6.07 Å². The van der Waals surface area contributed by atoms with Crippen molar-refractivity contribution >= 4 is 22.3 Å². The van der Waals surface area contributed by atoms with Crippen molar-refractivity contribution in [2.24, 2.45) is 0 Å². The van der Waals surface area contributed by atoms with Crippen LogP contribution in [0.25, 0.3) is 11.1 Å². The van der Waals surface area contributed by atoms with Crippen LogP contribution in [0.3, 0.4) is 0 Å². The molecule has 8 heteroatoms. The molecule has 0 amide bonds. The molecular formula is C31H42F3NO3S. The van der Waals surface area contributed by atoms with Gasteiger partial charge in [0.2, 0.25) is 0 Å². The maximum Gasteiger partial charge on any atom is 0.393 e. The zero-order valence-corrected chi connectivity index (χ0v) is 23.5. The number of aryl methyl sites for hydroxylation is 1. The van der Waals surface area contributed by atoms with Crippen LogP contribution >= 0.6 is 0 Å². The molecule has 0 heterocycles. The fourth-order valence-electron chi connectivity index (χ4n) is 5.34. The average molecular weight is 566 g/mol. The van der Waals surface area contributed by atoms with Gasteiger partial charge in [-0.1, -0.05) is 60.4 Å². The van der Waals surface area contributed by atoms with Gasteiger partial charge in [0.05, 0.1) is 13.0 Å². The number of hydrogen-bond donors (Lipinski definition) is 2. The molecular weight excluding hydrogens is 523 g/mol. The quantitative estimate of drug-likeness (QED) is 0.170. The van der Waals surface area contributed by atoms with Crippen molar-refractivity contribution < 1.29 is 27.9 Å². The zero-order valence-electron chi connectivity index (χ0n) is 22.7. The molecule has 2 aromatic carbocycles. The number of aliphatic hydroxyl groups excluding tert-OH is 1. The maximum absolute atomic E-state index is 12.3. The van der Waals surface area contributed by atoms with Crippen LogP contribution in [0.5, 0.6) is 5.75 Å². The lowest BCUT2D eigenvalue weighted by molar-refractivity contribution is -0.129. The molecule has 1 aliphatic rings. The van der Waals surface area contributed by atoms with Crippen LogP contribution < -0.4 is 0 Å². The molecule has 0 aliphatic heterocycles. The lowest BCUT2D eigenvalue weighted by Crippen LogP contribution is -2.30. The minimum absolute atomic E-state index is 0.0303. The summed E-state index contributed by atoms with van der Waals surface area (Å²) in [6.45, 7) is 2.00. The Morgan fingerprint density at radius 2 is 1.62 bits per heavy atom. The third-order valence-corrected chi connectivity index (χ3v) is 8.70. The van der Waals surface area contributed by atoms with E-state index in [1.807, 2.05) is 12.1 Å². The summed E-state index contributed by atoms with van der Waals surface area (Å²) < 4.78 is 48.8. The molecule has 0 aromatic heterocycles. The fourth-order valence-corrected chi connectivity index (χ4v) is 6.46. The molecule has 0 bridgehead atoms. The van der Waals surface area contributed by atoms with Crippen molar-refractivity contribution in [1.82, 2.24) is 4.90 Å². The van der Waals surface area contributed by atoms with Crippen LogP contribution in [0, 0.1) is 0 Å². The summed E-state index contributed by atoms with van der Waals surface area (Å²) in [7, 11) is 0. The number of nitrogens with zero attached hydrogens (tertiary/aromatic N) is 1. The van der Waals surface area contributed by atoms with Crippen LogP contribution in [-0.2, 0) is 17.6 Å². The molecule has 0 saturated carbocycles. The van der Waals surface area contributed by atoms with Crippen LogP contribution in [0.2, 0.25) is 0 Å². The Morgan fingerprint density at radius 1 is 0.872 bits per heavy atom. The second-order valence-corrected chi connectivity index (χ2v) is 12.0. The Hall–Kier alpha value is -2.00. The van der Waals surface area contributed by atoms with Gasteiger partial charge in [-0.15, -0.1) is 0 Å². The van der Waals surface area contributed by atoms with Gasteiger partial charge in [-0.2, -0.15) is 13.2 Å². The van der Waals surface area contributed by atoms with Gasteiger partial charge in [-0.25, -0.2) is 0 Å². The molecule has 1 unspecified atom stereocenters. The number of aliphatic hydroxyl groups is 1. The number of aromatic hydroxyl groups is 1. The van der Waals surface area contributed by atoms with E-state index < -0.39 is 23.8 Å². The highest BCUT2D eigenvalue weighted by Crippen LogP contribution is 2.39. The molecule has 0 spiro atoms. The summed E-state index contributed by atoms with van der Waals surface area (Å²) in [5.41, 5.74) is 6.53. The predicted molar refractivity (Wildman–Crippen MR) is 154 cm³/mol. The van der Waals surface area contributed by atoms with E-state index in [-0.39, 0.29) is 18.1 Å². The first kappa shape index (κ1) is 31.5. The van der Waals surface area contributed by atoms with E-state index in [2.05, 4.69) is 35.2 Å². The van der Waals surface area contributed by atoms with Crippen molar-refractivity contribution in [2.45, 2.75) is 70.4 Å². The molecule has 0 saturated heterocycles. The SMILES string of the molecule is [O-][S+](CCCN(CCO)CCCCCCC1=C(c2ccccc2)CCCc2cc(O)ccc21)CCC(F)(F)F. The van der Waals surface area contributed by atoms with Gasteiger partial charge >= 0.3 is 6.18 Å². The van der Waals surface area contributed by atoms with E-state index in [9.17, 15) is 27.9 Å². The van der Waals surface area contributed by atoms with Crippen molar-refractivity contribution in [3.8, 4) is 5.75 Å². The zero-order chi connectivity index (χ0) is 28.1. The fraction of sp³-hybridized carbons (Fsp3) is 0.548. The van der Waals surface area contributed by atoms with E-state index in [1.165, 1.54) is 27.8 Å². The second kappa shape index (κ2) is 16.3. The largest absolute Gasteiger partial charge is 0.616 e. The van der Waals surface area contributed by atoms with Gasteiger partial charge in [0.25, 0.3) is 0 Å². The number of unbranched alkanes of at least 4 members (excludes halogenated alkanes) is 3. The minimum atomic E-state index is -4.26. The van der Waals surface area contributed by atoms with E-state index in [0.717, 1.165) is 57.9 Å². The van der Waals surface area contributed by atoms with Gasteiger partial charge in [0.1, 0.15) is 17.3 Å². The number of alkyl halides is 3. The van der Waals surface area contributed by atoms with Gasteiger partial charge in [0.15, 0.2) is 0 Å². The maximum atomic E-state index is 12.3. The summed E-state index contributed by atoms with van der Waals surface area (Å²) in [5.74, 6) is 0.240. The first-order valence-electron chi connectivity index (χ1n) is 14.1. The third-order valence-electron chi connectivity index (χ3n) is 7.30. The normalized spacial score (nSPS) is 14.9. The van der Waals surface area contributed by atoms with Crippen LogP contribution in [0.4, 0.5) is 13.2 Å². The molecule has 0 fully saturated rings. The second-order valence-electron chi connectivity index (χ2n) is 10.3. The number of benzene rings is 2. The number of fused-ring (bicyclic) bond motifs is 1. The van der Waals surface area contributed by atoms with E-state index in [4.69, 9.17) is 0 Å². The highest BCUT2D eigenvalue weighted by Gasteiger charge is 2.29. The van der Waals surface area contributed by atoms with Crippen LogP contribution in [0.15, 0.2) is 48.5 Å². The lowest BCUT2D eigenvalue weighted by atomic mass is 9.89. The summed E-state index contributed by atoms with van der Waals surface area (Å²) in [5, 5.41) is 19.4. The van der Waals surface area contributed by atoms with Gasteiger partial charge in [-0.05, 0) is 85.0 Å². The minimum Gasteiger partial charge on any atom is -0.616 e. The summed E-state index contributed by atoms with van der Waals surface area (Å²) in [6, 6.07) is 16.3. The number of hydrogen-bond acceptors (Lipinski definition) is 4. The number of phenols is 1. The first-order valence-corrected chi connectivity index (χ1v) is 15.6. The molecule has 0 radical (unpaired) electrons. The molecule has 1 aliphatic carbocycles. The smallest absolute Gasteiger partial charge is 0.393 e. The Morgan fingerprint density at radius 3 is 2.36 bits per heavy atom. The molecule has 216 valence electrons. The van der Waals surface area contributed by atoms with Crippen LogP contribution in [-0.4, -0.2) is 63.6 Å². The highest BCUT2D eigenvalue weighted by molar-refractivity contribution is 7.91. The monoisotopic (exact) mass is 565 g/mol. The molecule has 39 heavy (non-hydrogen) atoms. The number of allylic oxidation sites excluding steroid dienone is 2. The third kappa shape index (κ3) is 11.2. The Kier molecular flexibility index (Phi) is 13.2. The Labute approximate surface area is 234 Å². The molecule has 2 aromatic rings. The highest BCUT2D eigenvalue weighted by atomic mass is 32.2. The van der Waals surface area contributed by atoms with Gasteiger partial charge in [0, 0.05) is 19.5 Å². The van der Waals surface area contributed by atoms with Crippen molar-refractivity contribution in [3.63, 3.8) is 0 Å². The first-order chi connectivity index (χ1) is 18.8. The predicted octanol–water partition coefficient (Wildman–Crippen LogP) is 6.98. The van der Waals surface area contributed by atoms with E-state index in [0.29, 0.717) is 25.3 Å². The standard InChI is InChI=1S/C31H42F3NO3S/c32-31(33,34)17-23-39(38)22-9-19-35(20-21-36)18-7-2-1-6-13-30-28(25-10-4-3-5-11-25)14-8-12-26-24-27(37)15-16-29(26)30/h3-5,10-11,15-16,24,36-37H,1-2,6-9,12-14,17-23H2. The lowest BCUT2D eigenvalue weighted by Gasteiger charge is -2.22. The molecule has 1 atom stereocenters. The molecule has 2 N–H and O–H groups in total. The average Bonchev–Trinajstić information content (AvgIpc) is 3.08. The number of rotatable bonds is 16. The molecule has 3 rings (SSSR count). The molecule has 4 nitrogen and oxygen atoms in total. The summed E-state index contributed by atoms with van der Waals surface area (Å²) >= 11 is -1.46. The summed E-state index contributed by atoms with van der Waals surface area (Å²) in [4.78, 5) is 2.12. The Balaban J connectivity index is 1.48. The topological polar surface area (TPSA) is 66.8 Å². The number of halogens is 3. The van der Waals surface area contributed by atoms with Gasteiger partial charge < -0.3 is 19.7 Å². The van der Waals surface area contributed by atoms with E-state index >= 15 is 0 Å². The van der Waals surface area contributed by atoms with Crippen molar-refractivity contribution in [3.05, 3.63) is 65.2 Å². The summed E-state index contributed by atoms with van der Waals surface area (Å²) in [6.07, 6.45) is 3.48. The number of phenolic OH excluding ortho intramolecular Hbond substituents is 1. The van der Waals surface area contributed by atoms with Gasteiger partial charge in [-0.3, -0.25) is 0 Å². The van der Waals surface area contributed by atoms with Crippen LogP contribution in [0.1, 0.15) is 74.5 Å². The van der Waals surface area contributed by atoms with Crippen molar-refractivity contribution in [1.29, 1.82) is 0 Å². The van der Waals surface area contributed by atoms with Crippen molar-refractivity contribution in [2.75, 3.05) is 37.7 Å². The Bertz CT molecular complexity index is 1030.